The number of ether oxygens (including phenoxy) is 1. The molecule has 5 rings (SSSR count). The first-order valence-corrected chi connectivity index (χ1v) is 13.9. The van der Waals surface area contributed by atoms with Gasteiger partial charge in [0.25, 0.3) is 0 Å². The summed E-state index contributed by atoms with van der Waals surface area (Å²) < 4.78 is 33.7. The summed E-state index contributed by atoms with van der Waals surface area (Å²) in [6, 6.07) is 25.2. The average Bonchev–Trinajstić information content (AvgIpc) is 3.20. The zero-order chi connectivity index (χ0) is 26.2. The van der Waals surface area contributed by atoms with Crippen LogP contribution in [0, 0.1) is 30.6 Å². The highest BCUT2D eigenvalue weighted by atomic mass is 32.2. The maximum Gasteiger partial charge on any atom is 0.310 e. The van der Waals surface area contributed by atoms with Gasteiger partial charge in [-0.1, -0.05) is 79.2 Å². The van der Waals surface area contributed by atoms with E-state index in [2.05, 4.69) is 5.32 Å². The lowest BCUT2D eigenvalue weighted by Gasteiger charge is -2.35. The molecule has 3 aromatic carbocycles. The Bertz CT molecular complexity index is 1430. The largest absolute Gasteiger partial charge is 0.461 e. The van der Waals surface area contributed by atoms with Gasteiger partial charge in [-0.3, -0.25) is 9.59 Å². The van der Waals surface area contributed by atoms with E-state index in [1.807, 2.05) is 55.5 Å². The molecule has 1 heterocycles. The van der Waals surface area contributed by atoms with Crippen LogP contribution in [0.1, 0.15) is 18.1 Å². The van der Waals surface area contributed by atoms with Gasteiger partial charge in [0.05, 0.1) is 21.6 Å². The topological polar surface area (TPSA) is 89.5 Å². The number of sulfone groups is 1. The highest BCUT2D eigenvalue weighted by Crippen LogP contribution is 2.49. The summed E-state index contributed by atoms with van der Waals surface area (Å²) in [6.07, 6.45) is 1.31. The molecule has 0 radical (unpaired) electrons. The monoisotopic (exact) mass is 515 g/mol. The number of esters is 1. The first-order chi connectivity index (χ1) is 17.8. The van der Waals surface area contributed by atoms with Crippen LogP contribution in [0.2, 0.25) is 0 Å². The molecule has 7 heteroatoms. The molecular weight excluding hydrogens is 486 g/mol. The third kappa shape index (κ3) is 4.83. The van der Waals surface area contributed by atoms with Crippen molar-refractivity contribution in [1.29, 1.82) is 0 Å². The lowest BCUT2D eigenvalue weighted by Crippen LogP contribution is -2.44. The highest BCUT2D eigenvalue weighted by molar-refractivity contribution is 7.95. The fourth-order valence-corrected chi connectivity index (χ4v) is 7.31. The molecule has 5 atom stereocenters. The summed E-state index contributed by atoms with van der Waals surface area (Å²) in [5.74, 6) is -3.81. The molecule has 1 amide bonds. The number of fused-ring (bicyclic) bond motifs is 1. The van der Waals surface area contributed by atoms with Gasteiger partial charge in [-0.25, -0.2) is 8.42 Å². The number of amides is 1. The Hall–Kier alpha value is -3.71. The number of carbonyl (C=O) groups excluding carboxylic acids is 2. The molecule has 6 nitrogen and oxygen atoms in total. The van der Waals surface area contributed by atoms with Crippen LogP contribution in [0.15, 0.2) is 101 Å². The number of para-hydroxylation sites is 1. The molecule has 0 aromatic heterocycles. The van der Waals surface area contributed by atoms with E-state index in [1.54, 1.807) is 49.4 Å². The molecule has 0 unspecified atom stereocenters. The smallest absolute Gasteiger partial charge is 0.310 e. The third-order valence-corrected chi connectivity index (χ3v) is 9.22. The Morgan fingerprint density at radius 3 is 2.16 bits per heavy atom. The molecule has 190 valence electrons. The molecule has 0 bridgehead atoms. The molecule has 0 saturated carbocycles. The summed E-state index contributed by atoms with van der Waals surface area (Å²) in [6.45, 7) is 3.68. The van der Waals surface area contributed by atoms with Gasteiger partial charge in [0.2, 0.25) is 15.7 Å². The quantitative estimate of drug-likeness (QED) is 0.469. The first kappa shape index (κ1) is 25.0. The Kier molecular flexibility index (Phi) is 6.73. The normalized spacial score (nSPS) is 25.1. The molecular formula is C30H29NO5S. The number of aryl methyl sites for hydroxylation is 1. The Labute approximate surface area is 217 Å². The fraction of sp³-hybridized carbons (Fsp3) is 0.267. The van der Waals surface area contributed by atoms with Crippen molar-refractivity contribution in [3.63, 3.8) is 0 Å². The number of hydrogen-bond acceptors (Lipinski definition) is 5. The number of benzene rings is 3. The molecule has 0 spiro atoms. The fourth-order valence-electron chi connectivity index (χ4n) is 5.50. The van der Waals surface area contributed by atoms with Crippen molar-refractivity contribution in [2.24, 2.45) is 23.7 Å². The maximum atomic E-state index is 13.9. The van der Waals surface area contributed by atoms with Crippen LogP contribution in [-0.4, -0.2) is 26.4 Å². The third-order valence-electron chi connectivity index (χ3n) is 7.30. The van der Waals surface area contributed by atoms with Crippen LogP contribution >= 0.6 is 0 Å². The Morgan fingerprint density at radius 1 is 0.892 bits per heavy atom. The number of rotatable bonds is 6. The van der Waals surface area contributed by atoms with Crippen molar-refractivity contribution >= 4 is 27.4 Å². The average molecular weight is 516 g/mol. The minimum atomic E-state index is -3.93. The van der Waals surface area contributed by atoms with E-state index < -0.39 is 45.6 Å². The Balaban J connectivity index is 1.57. The summed E-state index contributed by atoms with van der Waals surface area (Å²) >= 11 is 0. The number of hydrogen-bond donors (Lipinski definition) is 1. The predicted octanol–water partition coefficient (Wildman–Crippen LogP) is 4.96. The zero-order valence-electron chi connectivity index (χ0n) is 20.7. The number of carbonyl (C=O) groups is 2. The molecule has 1 N–H and O–H groups in total. The second kappa shape index (κ2) is 9.98. The van der Waals surface area contributed by atoms with Gasteiger partial charge in [0, 0.05) is 18.0 Å². The molecule has 3 aromatic rings. The second-order valence-electron chi connectivity index (χ2n) is 9.84. The van der Waals surface area contributed by atoms with E-state index in [9.17, 15) is 18.0 Å². The number of anilines is 1. The lowest BCUT2D eigenvalue weighted by atomic mass is 9.69. The van der Waals surface area contributed by atoms with Crippen LogP contribution in [0.4, 0.5) is 5.69 Å². The highest BCUT2D eigenvalue weighted by Gasteiger charge is 2.57. The van der Waals surface area contributed by atoms with E-state index in [4.69, 9.17) is 4.74 Å². The van der Waals surface area contributed by atoms with E-state index in [-0.39, 0.29) is 15.7 Å². The van der Waals surface area contributed by atoms with Crippen molar-refractivity contribution in [3.05, 3.63) is 107 Å². The van der Waals surface area contributed by atoms with Crippen molar-refractivity contribution < 1.29 is 22.7 Å². The van der Waals surface area contributed by atoms with Gasteiger partial charge in [0.1, 0.15) is 6.10 Å². The predicted molar refractivity (Wildman–Crippen MR) is 141 cm³/mol. The van der Waals surface area contributed by atoms with E-state index >= 15 is 0 Å². The van der Waals surface area contributed by atoms with Crippen LogP contribution in [0.25, 0.3) is 0 Å². The zero-order valence-corrected chi connectivity index (χ0v) is 21.5. The molecule has 2 aliphatic rings. The van der Waals surface area contributed by atoms with Crippen molar-refractivity contribution in [2.75, 3.05) is 5.32 Å². The van der Waals surface area contributed by atoms with Gasteiger partial charge in [-0.05, 0) is 42.7 Å². The first-order valence-electron chi connectivity index (χ1n) is 12.4. The van der Waals surface area contributed by atoms with Gasteiger partial charge in [0.15, 0.2) is 0 Å². The van der Waals surface area contributed by atoms with Crippen molar-refractivity contribution in [3.8, 4) is 0 Å². The van der Waals surface area contributed by atoms with Crippen LogP contribution in [0.5, 0.6) is 0 Å². The van der Waals surface area contributed by atoms with Crippen LogP contribution < -0.4 is 5.32 Å². The number of allylic oxidation sites excluding steroid dienone is 1. The molecule has 1 saturated heterocycles. The van der Waals surface area contributed by atoms with E-state index in [0.29, 0.717) is 12.1 Å². The van der Waals surface area contributed by atoms with Crippen molar-refractivity contribution in [1.82, 2.24) is 0 Å². The minimum absolute atomic E-state index is 0.157. The van der Waals surface area contributed by atoms with Gasteiger partial charge in [-0.15, -0.1) is 0 Å². The number of nitrogens with one attached hydrogen (secondary N) is 1. The minimum Gasteiger partial charge on any atom is -0.461 e. The van der Waals surface area contributed by atoms with Gasteiger partial charge >= 0.3 is 5.97 Å². The van der Waals surface area contributed by atoms with Gasteiger partial charge < -0.3 is 10.1 Å². The van der Waals surface area contributed by atoms with Crippen molar-refractivity contribution in [2.45, 2.75) is 31.3 Å². The SMILES string of the molecule is Cc1ccc(S(=O)(=O)C2=C[C@H](C)[C@H](C(=O)Nc3ccccc3)[C@@H]3C(=O)O[C@@H](Cc4ccccc4)[C@H]23)cc1. The standard InChI is InChI=1S/C30H29NO5S/c1-19-13-15-23(16-14-19)37(34,35)25-17-20(2)26(29(32)31-22-11-7-4-8-12-22)28-27(25)24(36-30(28)33)18-21-9-5-3-6-10-21/h3-17,20,24,26-28H,18H2,1-2H3,(H,31,32)/t20-,24-,26-,27+,28-/m0/s1. The number of cyclic esters (lactones) is 1. The maximum absolute atomic E-state index is 13.9. The lowest BCUT2D eigenvalue weighted by molar-refractivity contribution is -0.147. The van der Waals surface area contributed by atoms with E-state index in [1.165, 1.54) is 0 Å². The molecule has 1 fully saturated rings. The summed E-state index contributed by atoms with van der Waals surface area (Å²) in [5.41, 5.74) is 2.49. The second-order valence-corrected chi connectivity index (χ2v) is 11.8. The Morgan fingerprint density at radius 2 is 1.51 bits per heavy atom. The summed E-state index contributed by atoms with van der Waals surface area (Å²) in [5, 5.41) is 2.91. The molecule has 37 heavy (non-hydrogen) atoms. The molecule has 1 aliphatic heterocycles. The van der Waals surface area contributed by atoms with Crippen LogP contribution in [0.3, 0.4) is 0 Å². The summed E-state index contributed by atoms with van der Waals surface area (Å²) in [7, 11) is -3.93. The summed E-state index contributed by atoms with van der Waals surface area (Å²) in [4.78, 5) is 27.2. The van der Waals surface area contributed by atoms with E-state index in [0.717, 1.165) is 11.1 Å². The van der Waals surface area contributed by atoms with Crippen LogP contribution in [-0.2, 0) is 30.6 Å². The molecule has 1 aliphatic carbocycles. The van der Waals surface area contributed by atoms with Gasteiger partial charge in [-0.2, -0.15) is 0 Å².